The summed E-state index contributed by atoms with van der Waals surface area (Å²) in [5.74, 6) is -2.37. The molecule has 0 aromatic heterocycles. The lowest BCUT2D eigenvalue weighted by Gasteiger charge is -2.29. The Hall–Kier alpha value is 0.910. The molecular weight excluding hydrogens is 1210 g/mol. The van der Waals surface area contributed by atoms with Gasteiger partial charge in [-0.05, 0) is 19.9 Å². The fraction of sp³-hybridized carbons (Fsp3) is 1.00. The molecule has 0 saturated carbocycles. The molecule has 0 aromatic carbocycles. The zero-order valence-electron chi connectivity index (χ0n) is 39.3. The highest BCUT2D eigenvalue weighted by molar-refractivity contribution is 7.48. The first-order valence-electron chi connectivity index (χ1n) is 20.8. The summed E-state index contributed by atoms with van der Waals surface area (Å²) in [6, 6.07) is 0. The molecule has 0 aromatic rings. The van der Waals surface area contributed by atoms with Crippen LogP contribution in [0.1, 0.15) is 26.7 Å². The second-order valence-corrected chi connectivity index (χ2v) is 26.2. The highest BCUT2D eigenvalue weighted by Gasteiger charge is 2.22. The molecule has 446 valence electrons. The molecule has 0 rings (SSSR count). The molecule has 74 heavy (non-hydrogen) atoms. The molecule has 0 bridgehead atoms. The van der Waals surface area contributed by atoms with E-state index in [9.17, 15) is 85.1 Å². The lowest BCUT2D eigenvalue weighted by molar-refractivity contribution is -0.238. The zero-order chi connectivity index (χ0) is 56.8. The normalized spacial score (nSPS) is 21.0. The third-order valence-corrected chi connectivity index (χ3v) is 16.1. The van der Waals surface area contributed by atoms with Crippen LogP contribution in [-0.2, 0) is 118 Å². The van der Waals surface area contributed by atoms with Gasteiger partial charge in [0.1, 0.15) is 0 Å². The van der Waals surface area contributed by atoms with Crippen LogP contribution >= 0.6 is 70.4 Å². The van der Waals surface area contributed by atoms with Gasteiger partial charge in [0.05, 0.1) is 112 Å². The summed E-state index contributed by atoms with van der Waals surface area (Å²) in [5.41, 5.74) is 0. The van der Waals surface area contributed by atoms with Crippen molar-refractivity contribution in [3.63, 3.8) is 0 Å². The molecule has 47 heteroatoms. The van der Waals surface area contributed by atoms with Gasteiger partial charge in [0.2, 0.25) is 0 Å². The van der Waals surface area contributed by atoms with Crippen LogP contribution in [0.4, 0.5) is 0 Å². The summed E-state index contributed by atoms with van der Waals surface area (Å²) in [5, 5.41) is 11.6. The molecule has 0 spiro atoms. The fourth-order valence-corrected chi connectivity index (χ4v) is 10.3. The molecule has 0 aliphatic rings. The Morgan fingerprint density at radius 2 is 0.527 bits per heavy atom. The fourth-order valence-electron chi connectivity index (χ4n) is 4.11. The maximum atomic E-state index is 12.2. The molecule has 0 fully saturated rings. The number of nitrogens with one attached hydrogen (secondary N) is 1. The van der Waals surface area contributed by atoms with Crippen molar-refractivity contribution in [3.8, 4) is 0 Å². The quantitative estimate of drug-likeness (QED) is 0.0391. The van der Waals surface area contributed by atoms with E-state index < -0.39 is 194 Å². The first-order valence-corrected chi connectivity index (χ1v) is 33.9. The molecule has 0 aliphatic carbocycles. The Morgan fingerprint density at radius 3 is 0.716 bits per heavy atom. The molecule has 0 aliphatic heterocycles. The third kappa shape index (κ3) is 42.8. The van der Waals surface area contributed by atoms with Crippen LogP contribution < -0.4 is 49.4 Å². The van der Waals surface area contributed by atoms with Gasteiger partial charge in [-0.2, -0.15) is 0 Å². The summed E-state index contributed by atoms with van der Waals surface area (Å²) in [4.78, 5) is 115. The number of phosphoric acid groups is 9. The second kappa shape index (κ2) is 37.1. The maximum Gasteiger partial charge on any atom is 0.268 e. The maximum absolute atomic E-state index is 12.2. The Labute approximate surface area is 423 Å². The molecule has 12 atom stereocenters. The summed E-state index contributed by atoms with van der Waals surface area (Å²) in [6.07, 6.45) is 0.555. The van der Waals surface area contributed by atoms with Crippen molar-refractivity contribution >= 4 is 70.4 Å². The summed E-state index contributed by atoms with van der Waals surface area (Å²) in [6.45, 7) is -11.9. The van der Waals surface area contributed by atoms with E-state index in [0.717, 1.165) is 0 Å². The number of hydrogen-bond donors (Lipinski definition) is 3. The Kier molecular flexibility index (Phi) is 37.6. The van der Waals surface area contributed by atoms with Crippen LogP contribution in [0.2, 0.25) is 0 Å². The minimum Gasteiger partial charge on any atom is -0.756 e. The monoisotopic (exact) mass is 1270 g/mol. The first-order chi connectivity index (χ1) is 34.0. The van der Waals surface area contributed by atoms with Crippen LogP contribution in [0, 0.1) is 17.8 Å². The van der Waals surface area contributed by atoms with Crippen LogP contribution in [-0.4, -0.2) is 143 Å². The van der Waals surface area contributed by atoms with Gasteiger partial charge in [0.25, 0.3) is 70.4 Å². The molecule has 0 amide bonds. The average Bonchev–Trinajstić information content (AvgIpc) is 3.28. The first kappa shape index (κ1) is 74.9. The van der Waals surface area contributed by atoms with Crippen molar-refractivity contribution < 1.29 is 172 Å². The van der Waals surface area contributed by atoms with Crippen LogP contribution in [0.5, 0.6) is 0 Å². The van der Waals surface area contributed by atoms with E-state index in [2.05, 4.69) is 82.2 Å². The smallest absolute Gasteiger partial charge is 0.268 e. The van der Waals surface area contributed by atoms with Gasteiger partial charge in [0.15, 0.2) is 0 Å². The summed E-state index contributed by atoms with van der Waals surface area (Å²) < 4.78 is 181. The van der Waals surface area contributed by atoms with E-state index in [4.69, 9.17) is 10.00 Å². The molecule has 0 radical (unpaired) electrons. The molecule has 12 unspecified atom stereocenters. The number of rotatable bonds is 50. The van der Waals surface area contributed by atoms with Gasteiger partial charge in [0, 0.05) is 30.9 Å². The number of phosphoric ester groups is 9. The van der Waals surface area contributed by atoms with Crippen molar-refractivity contribution in [2.24, 2.45) is 17.8 Å². The average molecular weight is 1270 g/mol. The van der Waals surface area contributed by atoms with Crippen LogP contribution in [0.3, 0.4) is 0 Å². The number of aliphatic hydroxyl groups is 1. The van der Waals surface area contributed by atoms with Crippen molar-refractivity contribution in [1.82, 2.24) is 5.32 Å². The lowest BCUT2D eigenvalue weighted by atomic mass is 10.1. The van der Waals surface area contributed by atoms with Gasteiger partial charge < -0.3 is 136 Å². The third-order valence-electron chi connectivity index (χ3n) is 7.75. The topological polar surface area (TPSA) is 571 Å². The van der Waals surface area contributed by atoms with Crippen LogP contribution in [0.15, 0.2) is 0 Å². The highest BCUT2D eigenvalue weighted by Crippen LogP contribution is 2.46. The SMILES string of the molecule is CCC(CO)COP(=O)([O-])OCCOP(=O)([O-])OCCOP(=O)([O-])OCCOP(=O)([O-])OCC(CNC)COP(=O)([O-])OCCOP(=O)([O-])OCCOP(=O)([O-])OCCOP(=O)([O-])OCC(CC)COP(=O)([O-])O. The molecular formula is C27H57NO37P9-9. The van der Waals surface area contributed by atoms with Crippen molar-refractivity contribution in [1.29, 1.82) is 0 Å². The molecule has 0 heterocycles. The number of hydrogen-bond acceptors (Lipinski definition) is 37. The standard InChI is InChI=1S/C27H66NO37P9/c1-4-25(19-29)20-62-71(41,42)57-14-10-53-67(33,34)49-6-8-51-69(37,38)55-12-16-59-73(45,46)64-23-27(18-28-3)24-65-74(47,48)60-17-13-56-70(39,40)52-9-7-50-68(35,36)54-11-15-58-72(43,44)63-22-26(5-2)21-61-66(30,31)32/h25-29H,4-24H2,1-3H3,(H,33,34)(H,35,36)(H,37,38)(H,39,40)(H,41,42)(H,43,44)(H,45,46)(H,47,48)(H2,30,31,32)/p-9. The van der Waals surface area contributed by atoms with Gasteiger partial charge in [-0.25, -0.2) is 0 Å². The molecule has 3 N–H and O–H groups in total. The van der Waals surface area contributed by atoms with E-state index in [1.165, 1.54) is 14.0 Å². The lowest BCUT2D eigenvalue weighted by Crippen LogP contribution is -2.28. The van der Waals surface area contributed by atoms with E-state index >= 15 is 0 Å². The molecule has 38 nitrogen and oxygen atoms in total. The summed E-state index contributed by atoms with van der Waals surface area (Å²) in [7, 11) is -44.9. The van der Waals surface area contributed by atoms with Crippen molar-refractivity contribution in [2.45, 2.75) is 26.7 Å². The number of aliphatic hydroxyl groups excluding tert-OH is 1. The Morgan fingerprint density at radius 1 is 0.338 bits per heavy atom. The minimum atomic E-state index is -5.25. The van der Waals surface area contributed by atoms with Crippen molar-refractivity contribution in [2.75, 3.05) is 133 Å². The van der Waals surface area contributed by atoms with Gasteiger partial charge in [-0.1, -0.05) is 13.8 Å². The predicted molar refractivity (Wildman–Crippen MR) is 224 cm³/mol. The zero-order valence-corrected chi connectivity index (χ0v) is 47.3. The van der Waals surface area contributed by atoms with Crippen LogP contribution in [0.25, 0.3) is 0 Å². The van der Waals surface area contributed by atoms with Gasteiger partial charge in [-0.3, -0.25) is 41.1 Å². The Bertz CT molecular complexity index is 2010. The second-order valence-electron chi connectivity index (χ2n) is 13.7. The Balaban J connectivity index is 4.48. The summed E-state index contributed by atoms with van der Waals surface area (Å²) >= 11 is 0. The highest BCUT2D eigenvalue weighted by atomic mass is 31.2. The van der Waals surface area contributed by atoms with E-state index in [-0.39, 0.29) is 26.2 Å². The molecule has 0 saturated heterocycles. The van der Waals surface area contributed by atoms with E-state index in [1.54, 1.807) is 6.92 Å². The van der Waals surface area contributed by atoms with Gasteiger partial charge >= 0.3 is 0 Å². The largest absolute Gasteiger partial charge is 0.756 e. The van der Waals surface area contributed by atoms with Crippen molar-refractivity contribution in [3.05, 3.63) is 0 Å². The van der Waals surface area contributed by atoms with E-state index in [0.29, 0.717) is 6.42 Å². The minimum absolute atomic E-state index is 0.145. The van der Waals surface area contributed by atoms with E-state index in [1.807, 2.05) is 0 Å². The van der Waals surface area contributed by atoms with Gasteiger partial charge in [-0.15, -0.1) is 0 Å². The predicted octanol–water partition coefficient (Wildman–Crippen LogP) is -3.64.